The van der Waals surface area contributed by atoms with Gasteiger partial charge in [0.05, 0.1) is 12.2 Å². The minimum atomic E-state index is -0.446. The van der Waals surface area contributed by atoms with Crippen LogP contribution in [0.4, 0.5) is 10.1 Å². The van der Waals surface area contributed by atoms with Crippen molar-refractivity contribution in [1.29, 1.82) is 0 Å². The van der Waals surface area contributed by atoms with Crippen molar-refractivity contribution < 1.29 is 13.9 Å². The van der Waals surface area contributed by atoms with E-state index in [0.717, 1.165) is 13.1 Å². The van der Waals surface area contributed by atoms with Gasteiger partial charge in [-0.2, -0.15) is 0 Å². The monoisotopic (exact) mass is 278 g/mol. The van der Waals surface area contributed by atoms with E-state index in [-0.39, 0.29) is 24.8 Å². The summed E-state index contributed by atoms with van der Waals surface area (Å²) in [5, 5.41) is 2.70. The predicted octanol–water partition coefficient (Wildman–Crippen LogP) is 2.12. The molecule has 108 valence electrons. The van der Waals surface area contributed by atoms with E-state index in [4.69, 9.17) is 11.2 Å². The fourth-order valence-corrected chi connectivity index (χ4v) is 1.68. The smallest absolute Gasteiger partial charge is 0.238 e. The lowest BCUT2D eigenvalue weighted by molar-refractivity contribution is -0.117. The molecule has 0 saturated carbocycles. The molecule has 1 aromatic carbocycles. The highest BCUT2D eigenvalue weighted by atomic mass is 19.1. The topological polar surface area (TPSA) is 41.6 Å². The Labute approximate surface area is 118 Å². The van der Waals surface area contributed by atoms with Crippen molar-refractivity contribution in [2.75, 3.05) is 31.6 Å². The predicted molar refractivity (Wildman–Crippen MR) is 77.1 cm³/mol. The first-order chi connectivity index (χ1) is 9.60. The maximum absolute atomic E-state index is 13.2. The second-order valence-electron chi connectivity index (χ2n) is 4.14. The van der Waals surface area contributed by atoms with E-state index in [1.54, 1.807) is 0 Å². The Kier molecular flexibility index (Phi) is 6.54. The zero-order valence-corrected chi connectivity index (χ0v) is 11.8. The van der Waals surface area contributed by atoms with Crippen molar-refractivity contribution in [3.8, 4) is 18.1 Å². The van der Waals surface area contributed by atoms with Gasteiger partial charge in [0.15, 0.2) is 0 Å². The van der Waals surface area contributed by atoms with E-state index < -0.39 is 5.82 Å². The highest BCUT2D eigenvalue weighted by molar-refractivity contribution is 5.93. The molecule has 0 unspecified atom stereocenters. The SMILES string of the molecule is C#CCOc1cc(F)ccc1NC(=O)CN(CC)CC. The molecule has 0 saturated heterocycles. The van der Waals surface area contributed by atoms with Gasteiger partial charge in [-0.05, 0) is 25.2 Å². The third-order valence-electron chi connectivity index (χ3n) is 2.79. The van der Waals surface area contributed by atoms with Crippen molar-refractivity contribution in [3.05, 3.63) is 24.0 Å². The Balaban J connectivity index is 2.75. The zero-order chi connectivity index (χ0) is 15.0. The molecule has 0 fully saturated rings. The van der Waals surface area contributed by atoms with Crippen LogP contribution in [0.25, 0.3) is 0 Å². The van der Waals surface area contributed by atoms with Crippen LogP contribution in [0.15, 0.2) is 18.2 Å². The van der Waals surface area contributed by atoms with Gasteiger partial charge in [0.25, 0.3) is 0 Å². The van der Waals surface area contributed by atoms with Crippen LogP contribution < -0.4 is 10.1 Å². The summed E-state index contributed by atoms with van der Waals surface area (Å²) >= 11 is 0. The van der Waals surface area contributed by atoms with Crippen LogP contribution in [0.1, 0.15) is 13.8 Å². The van der Waals surface area contributed by atoms with Gasteiger partial charge >= 0.3 is 0 Å². The van der Waals surface area contributed by atoms with Crippen molar-refractivity contribution in [2.45, 2.75) is 13.8 Å². The van der Waals surface area contributed by atoms with E-state index in [1.165, 1.54) is 18.2 Å². The number of halogens is 1. The standard InChI is InChI=1S/C15H19FN2O2/c1-4-9-20-14-10-12(16)7-8-13(14)17-15(19)11-18(5-2)6-3/h1,7-8,10H,5-6,9,11H2,2-3H3,(H,17,19). The van der Waals surface area contributed by atoms with Crippen LogP contribution in [0, 0.1) is 18.2 Å². The second kappa shape index (κ2) is 8.18. The molecule has 0 heterocycles. The molecule has 1 rings (SSSR count). The summed E-state index contributed by atoms with van der Waals surface area (Å²) in [4.78, 5) is 13.9. The fourth-order valence-electron chi connectivity index (χ4n) is 1.68. The third kappa shape index (κ3) is 4.90. The quantitative estimate of drug-likeness (QED) is 0.777. The highest BCUT2D eigenvalue weighted by Gasteiger charge is 2.11. The first-order valence-corrected chi connectivity index (χ1v) is 6.48. The lowest BCUT2D eigenvalue weighted by Gasteiger charge is -2.18. The number of nitrogens with zero attached hydrogens (tertiary/aromatic N) is 1. The molecule has 0 aromatic heterocycles. The molecule has 4 nitrogen and oxygen atoms in total. The summed E-state index contributed by atoms with van der Waals surface area (Å²) in [6.45, 7) is 5.83. The van der Waals surface area contributed by atoms with E-state index in [2.05, 4.69) is 11.2 Å². The first-order valence-electron chi connectivity index (χ1n) is 6.48. The van der Waals surface area contributed by atoms with Crippen molar-refractivity contribution >= 4 is 11.6 Å². The minimum Gasteiger partial charge on any atom is -0.479 e. The molecular formula is C15H19FN2O2. The van der Waals surface area contributed by atoms with Gasteiger partial charge in [0.1, 0.15) is 18.2 Å². The second-order valence-corrected chi connectivity index (χ2v) is 4.14. The minimum absolute atomic E-state index is 0.0162. The van der Waals surface area contributed by atoms with E-state index >= 15 is 0 Å². The summed E-state index contributed by atoms with van der Waals surface area (Å²) in [6.07, 6.45) is 5.10. The molecule has 0 atom stereocenters. The lowest BCUT2D eigenvalue weighted by Crippen LogP contribution is -2.33. The summed E-state index contributed by atoms with van der Waals surface area (Å²) < 4.78 is 18.4. The van der Waals surface area contributed by atoms with Gasteiger partial charge in [-0.25, -0.2) is 4.39 Å². The van der Waals surface area contributed by atoms with Crippen LogP contribution in [0.5, 0.6) is 5.75 Å². The molecule has 1 amide bonds. The Hall–Kier alpha value is -2.06. The fraction of sp³-hybridized carbons (Fsp3) is 0.400. The van der Waals surface area contributed by atoms with Gasteiger partial charge in [-0.15, -0.1) is 6.42 Å². The van der Waals surface area contributed by atoms with Crippen molar-refractivity contribution in [1.82, 2.24) is 4.90 Å². The number of carbonyl (C=O) groups excluding carboxylic acids is 1. The number of benzene rings is 1. The Morgan fingerprint density at radius 3 is 2.75 bits per heavy atom. The number of nitrogens with one attached hydrogen (secondary N) is 1. The zero-order valence-electron chi connectivity index (χ0n) is 11.8. The van der Waals surface area contributed by atoms with Crippen molar-refractivity contribution in [3.63, 3.8) is 0 Å². The number of terminal acetylenes is 1. The van der Waals surface area contributed by atoms with Crippen LogP contribution in [-0.2, 0) is 4.79 Å². The van der Waals surface area contributed by atoms with E-state index in [0.29, 0.717) is 5.69 Å². The Bertz CT molecular complexity index is 493. The van der Waals surface area contributed by atoms with Gasteiger partial charge in [0, 0.05) is 6.07 Å². The summed E-state index contributed by atoms with van der Waals surface area (Å²) in [5.74, 6) is 1.91. The van der Waals surface area contributed by atoms with E-state index in [9.17, 15) is 9.18 Å². The maximum Gasteiger partial charge on any atom is 0.238 e. The maximum atomic E-state index is 13.2. The molecule has 1 aromatic rings. The number of anilines is 1. The molecule has 0 radical (unpaired) electrons. The van der Waals surface area contributed by atoms with Crippen LogP contribution in [0.2, 0.25) is 0 Å². The molecule has 0 bridgehead atoms. The van der Waals surface area contributed by atoms with E-state index in [1.807, 2.05) is 18.7 Å². The third-order valence-corrected chi connectivity index (χ3v) is 2.79. The first kappa shape index (κ1) is 16.0. The molecule has 1 N–H and O–H groups in total. The Morgan fingerprint density at radius 1 is 1.45 bits per heavy atom. The Morgan fingerprint density at radius 2 is 2.15 bits per heavy atom. The largest absolute Gasteiger partial charge is 0.479 e. The summed E-state index contributed by atoms with van der Waals surface area (Å²) in [7, 11) is 0. The molecule has 20 heavy (non-hydrogen) atoms. The van der Waals surface area contributed by atoms with Gasteiger partial charge in [-0.1, -0.05) is 19.8 Å². The lowest BCUT2D eigenvalue weighted by atomic mass is 10.2. The average molecular weight is 278 g/mol. The number of amides is 1. The van der Waals surface area contributed by atoms with Gasteiger partial charge in [-0.3, -0.25) is 9.69 Å². The normalized spacial score (nSPS) is 10.2. The summed E-state index contributed by atoms with van der Waals surface area (Å²) in [5.41, 5.74) is 0.416. The number of likely N-dealkylation sites (N-methyl/N-ethyl adjacent to an activating group) is 1. The van der Waals surface area contributed by atoms with Gasteiger partial charge in [0.2, 0.25) is 5.91 Å². The number of hydrogen-bond acceptors (Lipinski definition) is 3. The summed E-state index contributed by atoms with van der Waals surface area (Å²) in [6, 6.07) is 3.92. The number of rotatable bonds is 7. The highest BCUT2D eigenvalue weighted by Crippen LogP contribution is 2.25. The molecule has 5 heteroatoms. The molecule has 0 aliphatic rings. The van der Waals surface area contributed by atoms with Gasteiger partial charge < -0.3 is 10.1 Å². The number of hydrogen-bond donors (Lipinski definition) is 1. The molecular weight excluding hydrogens is 259 g/mol. The molecule has 0 spiro atoms. The van der Waals surface area contributed by atoms with Crippen LogP contribution in [0.3, 0.4) is 0 Å². The molecule has 0 aliphatic heterocycles. The van der Waals surface area contributed by atoms with Crippen molar-refractivity contribution in [2.24, 2.45) is 0 Å². The van der Waals surface area contributed by atoms with Crippen LogP contribution in [-0.4, -0.2) is 37.0 Å². The number of carbonyl (C=O) groups is 1. The molecule has 0 aliphatic carbocycles. The average Bonchev–Trinajstić information content (AvgIpc) is 2.44. The van der Waals surface area contributed by atoms with Crippen LogP contribution >= 0.6 is 0 Å². The number of ether oxygens (including phenoxy) is 1.